The largest absolute Gasteiger partial charge is 0.464 e. The van der Waals surface area contributed by atoms with Gasteiger partial charge in [-0.15, -0.1) is 0 Å². The molecule has 2 rings (SSSR count). The molecule has 0 aliphatic heterocycles. The lowest BCUT2D eigenvalue weighted by atomic mass is 10.1. The molecule has 1 aromatic heterocycles. The van der Waals surface area contributed by atoms with E-state index in [2.05, 4.69) is 0 Å². The van der Waals surface area contributed by atoms with Gasteiger partial charge >= 0.3 is 0 Å². The van der Waals surface area contributed by atoms with Gasteiger partial charge in [0, 0.05) is 6.42 Å². The first-order chi connectivity index (χ1) is 7.65. The number of furan rings is 1. The molecule has 0 fully saturated rings. The van der Waals surface area contributed by atoms with Crippen molar-refractivity contribution in [3.63, 3.8) is 0 Å². The topological polar surface area (TPSA) is 33.4 Å². The second-order valence-electron chi connectivity index (χ2n) is 3.80. The minimum absolute atomic E-state index is 0.291. The number of benzene rings is 1. The van der Waals surface area contributed by atoms with Gasteiger partial charge in [-0.05, 0) is 36.8 Å². The quantitative estimate of drug-likeness (QED) is 0.862. The summed E-state index contributed by atoms with van der Waals surface area (Å²) in [6.07, 6.45) is -0.374. The maximum Gasteiger partial charge on any atom is 0.132 e. The fraction of sp³-hybridized carbons (Fsp3) is 0.231. The van der Waals surface area contributed by atoms with E-state index in [0.29, 0.717) is 12.2 Å². The van der Waals surface area contributed by atoms with Gasteiger partial charge in [-0.25, -0.2) is 4.39 Å². The zero-order valence-electron chi connectivity index (χ0n) is 8.98. The highest BCUT2D eigenvalue weighted by atomic mass is 19.1. The van der Waals surface area contributed by atoms with E-state index in [4.69, 9.17) is 4.42 Å². The van der Waals surface area contributed by atoms with Crippen LogP contribution in [0.25, 0.3) is 0 Å². The molecule has 0 saturated heterocycles. The van der Waals surface area contributed by atoms with Gasteiger partial charge < -0.3 is 9.52 Å². The molecule has 1 unspecified atom stereocenters. The van der Waals surface area contributed by atoms with E-state index in [1.165, 1.54) is 12.1 Å². The van der Waals surface area contributed by atoms with Crippen molar-refractivity contribution in [2.75, 3.05) is 0 Å². The molecule has 1 N–H and O–H groups in total. The average Bonchev–Trinajstić information content (AvgIpc) is 2.65. The Labute approximate surface area is 93.3 Å². The molecule has 0 spiro atoms. The van der Waals surface area contributed by atoms with Crippen LogP contribution in [0.1, 0.15) is 23.2 Å². The summed E-state index contributed by atoms with van der Waals surface area (Å²) < 4.78 is 18.2. The van der Waals surface area contributed by atoms with Crippen molar-refractivity contribution >= 4 is 0 Å². The molecule has 1 aromatic carbocycles. The van der Waals surface area contributed by atoms with Crippen LogP contribution in [0.15, 0.2) is 40.8 Å². The van der Waals surface area contributed by atoms with Crippen molar-refractivity contribution in [3.8, 4) is 0 Å². The minimum atomic E-state index is -0.726. The van der Waals surface area contributed by atoms with Crippen LogP contribution in [0, 0.1) is 12.7 Å². The summed E-state index contributed by atoms with van der Waals surface area (Å²) in [4.78, 5) is 0. The van der Waals surface area contributed by atoms with E-state index >= 15 is 0 Å². The number of hydrogen-bond donors (Lipinski definition) is 1. The molecule has 0 bridgehead atoms. The van der Waals surface area contributed by atoms with Gasteiger partial charge in [-0.2, -0.15) is 0 Å². The molecule has 16 heavy (non-hydrogen) atoms. The Hall–Kier alpha value is -1.61. The Morgan fingerprint density at radius 3 is 2.75 bits per heavy atom. The monoisotopic (exact) mass is 220 g/mol. The first kappa shape index (κ1) is 10.9. The van der Waals surface area contributed by atoms with Crippen LogP contribution >= 0.6 is 0 Å². The third-order valence-corrected chi connectivity index (χ3v) is 2.41. The van der Waals surface area contributed by atoms with Crippen molar-refractivity contribution in [1.29, 1.82) is 0 Å². The molecule has 0 radical (unpaired) electrons. The highest BCUT2D eigenvalue weighted by Gasteiger charge is 2.12. The molecule has 2 aromatic rings. The highest BCUT2D eigenvalue weighted by Crippen LogP contribution is 2.20. The van der Waals surface area contributed by atoms with Crippen molar-refractivity contribution in [1.82, 2.24) is 0 Å². The normalized spacial score (nSPS) is 12.7. The third kappa shape index (κ3) is 2.49. The van der Waals surface area contributed by atoms with E-state index in [0.717, 1.165) is 11.3 Å². The number of hydrogen-bond acceptors (Lipinski definition) is 2. The van der Waals surface area contributed by atoms with Gasteiger partial charge in [0.25, 0.3) is 0 Å². The maximum atomic E-state index is 12.9. The molecular weight excluding hydrogens is 207 g/mol. The average molecular weight is 220 g/mol. The van der Waals surface area contributed by atoms with E-state index in [1.807, 2.05) is 6.92 Å². The van der Waals surface area contributed by atoms with Gasteiger partial charge in [-0.3, -0.25) is 0 Å². The van der Waals surface area contributed by atoms with Crippen LogP contribution < -0.4 is 0 Å². The zero-order chi connectivity index (χ0) is 11.5. The lowest BCUT2D eigenvalue weighted by Crippen LogP contribution is -2.00. The number of aliphatic hydroxyl groups excluding tert-OH is 1. The van der Waals surface area contributed by atoms with E-state index in [-0.39, 0.29) is 5.82 Å². The summed E-state index contributed by atoms with van der Waals surface area (Å²) in [5.41, 5.74) is 0.751. The van der Waals surface area contributed by atoms with Crippen LogP contribution in [0.5, 0.6) is 0 Å². The van der Waals surface area contributed by atoms with Crippen molar-refractivity contribution in [3.05, 3.63) is 59.3 Å². The summed E-state index contributed by atoms with van der Waals surface area (Å²) in [5, 5.41) is 9.86. The maximum absolute atomic E-state index is 12.9. The van der Waals surface area contributed by atoms with E-state index < -0.39 is 6.10 Å². The summed E-state index contributed by atoms with van der Waals surface area (Å²) in [6, 6.07) is 9.74. The van der Waals surface area contributed by atoms with Crippen LogP contribution in [-0.4, -0.2) is 5.11 Å². The van der Waals surface area contributed by atoms with Crippen LogP contribution in [0.3, 0.4) is 0 Å². The lowest BCUT2D eigenvalue weighted by molar-refractivity contribution is 0.149. The number of rotatable bonds is 3. The number of aliphatic hydroxyl groups is 1. The van der Waals surface area contributed by atoms with Crippen molar-refractivity contribution in [2.45, 2.75) is 19.4 Å². The van der Waals surface area contributed by atoms with Crippen molar-refractivity contribution < 1.29 is 13.9 Å². The van der Waals surface area contributed by atoms with Gasteiger partial charge in [0.1, 0.15) is 23.4 Å². The molecule has 84 valence electrons. The Morgan fingerprint density at radius 1 is 1.31 bits per heavy atom. The highest BCUT2D eigenvalue weighted by molar-refractivity contribution is 5.19. The first-order valence-corrected chi connectivity index (χ1v) is 5.14. The lowest BCUT2D eigenvalue weighted by Gasteiger charge is -2.07. The summed E-state index contributed by atoms with van der Waals surface area (Å²) in [7, 11) is 0. The number of halogens is 1. The fourth-order valence-electron chi connectivity index (χ4n) is 1.62. The summed E-state index contributed by atoms with van der Waals surface area (Å²) in [5.74, 6) is 0.982. The predicted octanol–water partition coefficient (Wildman–Crippen LogP) is 3.00. The standard InChI is InChI=1S/C13H13FO2/c1-9-5-6-13(16-9)12(15)8-10-3-2-4-11(14)7-10/h2-7,12,15H,8H2,1H3. The molecule has 0 amide bonds. The summed E-state index contributed by atoms with van der Waals surface area (Å²) in [6.45, 7) is 1.82. The molecule has 0 aliphatic carbocycles. The molecule has 1 heterocycles. The van der Waals surface area contributed by atoms with Crippen molar-refractivity contribution in [2.24, 2.45) is 0 Å². The van der Waals surface area contributed by atoms with Crippen LogP contribution in [0.2, 0.25) is 0 Å². The van der Waals surface area contributed by atoms with E-state index in [9.17, 15) is 9.50 Å². The van der Waals surface area contributed by atoms with Gasteiger partial charge in [0.05, 0.1) is 0 Å². The SMILES string of the molecule is Cc1ccc(C(O)Cc2cccc(F)c2)o1. The first-order valence-electron chi connectivity index (χ1n) is 5.14. The second kappa shape index (κ2) is 4.49. The van der Waals surface area contributed by atoms with Gasteiger partial charge in [0.2, 0.25) is 0 Å². The second-order valence-corrected chi connectivity index (χ2v) is 3.80. The Balaban J connectivity index is 2.10. The fourth-order valence-corrected chi connectivity index (χ4v) is 1.62. The molecule has 0 saturated carbocycles. The Morgan fingerprint density at radius 2 is 2.12 bits per heavy atom. The number of aryl methyl sites for hydroxylation is 1. The smallest absolute Gasteiger partial charge is 0.132 e. The zero-order valence-corrected chi connectivity index (χ0v) is 8.98. The molecule has 1 atom stereocenters. The summed E-state index contributed by atoms with van der Waals surface area (Å²) >= 11 is 0. The van der Waals surface area contributed by atoms with Crippen LogP contribution in [-0.2, 0) is 6.42 Å². The molecule has 2 nitrogen and oxygen atoms in total. The minimum Gasteiger partial charge on any atom is -0.464 e. The Kier molecular flexibility index (Phi) is 3.06. The van der Waals surface area contributed by atoms with E-state index in [1.54, 1.807) is 24.3 Å². The predicted molar refractivity (Wildman–Crippen MR) is 58.5 cm³/mol. The van der Waals surface area contributed by atoms with Crippen LogP contribution in [0.4, 0.5) is 4.39 Å². The molecule has 3 heteroatoms. The Bertz CT molecular complexity index is 476. The van der Waals surface area contributed by atoms with Gasteiger partial charge in [-0.1, -0.05) is 12.1 Å². The third-order valence-electron chi connectivity index (χ3n) is 2.41. The van der Waals surface area contributed by atoms with Gasteiger partial charge in [0.15, 0.2) is 0 Å². The molecular formula is C13H13FO2. The molecule has 0 aliphatic rings.